The zero-order chi connectivity index (χ0) is 11.5. The molecule has 15 heavy (non-hydrogen) atoms. The highest BCUT2D eigenvalue weighted by Crippen LogP contribution is 2.09. The SMILES string of the molecule is Cc1cccc(S(=O)(=O)NNC(N)=O)c1. The van der Waals surface area contributed by atoms with Crippen LogP contribution >= 0.6 is 0 Å². The van der Waals surface area contributed by atoms with E-state index >= 15 is 0 Å². The number of nitrogens with two attached hydrogens (primary N) is 1. The molecule has 82 valence electrons. The Labute approximate surface area is 87.5 Å². The molecule has 6 nitrogen and oxygen atoms in total. The molecule has 0 spiro atoms. The predicted octanol–water partition coefficient (Wildman–Crippen LogP) is -0.143. The van der Waals surface area contributed by atoms with Gasteiger partial charge in [0, 0.05) is 0 Å². The summed E-state index contributed by atoms with van der Waals surface area (Å²) in [6, 6.07) is 5.30. The van der Waals surface area contributed by atoms with E-state index in [1.165, 1.54) is 12.1 Å². The summed E-state index contributed by atoms with van der Waals surface area (Å²) in [5, 5.41) is 0. The highest BCUT2D eigenvalue weighted by molar-refractivity contribution is 7.89. The highest BCUT2D eigenvalue weighted by atomic mass is 32.2. The van der Waals surface area contributed by atoms with Gasteiger partial charge in [0.1, 0.15) is 0 Å². The number of nitrogens with one attached hydrogen (secondary N) is 2. The minimum Gasteiger partial charge on any atom is -0.351 e. The van der Waals surface area contributed by atoms with E-state index in [-0.39, 0.29) is 4.90 Å². The Kier molecular flexibility index (Phi) is 3.28. The van der Waals surface area contributed by atoms with Crippen molar-refractivity contribution in [1.82, 2.24) is 10.3 Å². The van der Waals surface area contributed by atoms with Crippen molar-refractivity contribution in [3.05, 3.63) is 29.8 Å². The molecule has 0 fully saturated rings. The number of primary amides is 1. The van der Waals surface area contributed by atoms with E-state index in [4.69, 9.17) is 5.73 Å². The molecular weight excluding hydrogens is 218 g/mol. The highest BCUT2D eigenvalue weighted by Gasteiger charge is 2.13. The third-order valence-corrected chi connectivity index (χ3v) is 2.85. The molecule has 1 rings (SSSR count). The lowest BCUT2D eigenvalue weighted by molar-refractivity contribution is 0.247. The molecule has 0 aliphatic heterocycles. The fraction of sp³-hybridized carbons (Fsp3) is 0.125. The van der Waals surface area contributed by atoms with Gasteiger partial charge >= 0.3 is 6.03 Å². The van der Waals surface area contributed by atoms with Crippen molar-refractivity contribution in [1.29, 1.82) is 0 Å². The summed E-state index contributed by atoms with van der Waals surface area (Å²) in [6.07, 6.45) is 0. The van der Waals surface area contributed by atoms with Crippen LogP contribution in [-0.4, -0.2) is 14.4 Å². The molecule has 2 amide bonds. The third kappa shape index (κ3) is 3.22. The van der Waals surface area contributed by atoms with Crippen molar-refractivity contribution < 1.29 is 13.2 Å². The Bertz CT molecular complexity index is 470. The van der Waals surface area contributed by atoms with Crippen molar-refractivity contribution in [2.45, 2.75) is 11.8 Å². The molecule has 0 aliphatic carbocycles. The number of carbonyl (C=O) groups excluding carboxylic acids is 1. The standard InChI is InChI=1S/C8H11N3O3S/c1-6-3-2-4-7(5-6)15(13,14)11-10-8(9)12/h2-5,11H,1H3,(H3,9,10,12). The molecule has 0 bridgehead atoms. The lowest BCUT2D eigenvalue weighted by Crippen LogP contribution is -2.44. The number of amides is 2. The summed E-state index contributed by atoms with van der Waals surface area (Å²) >= 11 is 0. The minimum atomic E-state index is -3.74. The molecule has 0 aromatic heterocycles. The molecule has 0 saturated carbocycles. The lowest BCUT2D eigenvalue weighted by Gasteiger charge is -2.06. The van der Waals surface area contributed by atoms with E-state index in [1.54, 1.807) is 24.5 Å². The maximum Gasteiger partial charge on any atom is 0.327 e. The van der Waals surface area contributed by atoms with Gasteiger partial charge in [-0.05, 0) is 24.6 Å². The third-order valence-electron chi connectivity index (χ3n) is 1.61. The first-order valence-corrected chi connectivity index (χ1v) is 5.54. The van der Waals surface area contributed by atoms with Gasteiger partial charge in [-0.3, -0.25) is 5.43 Å². The second kappa shape index (κ2) is 4.28. The summed E-state index contributed by atoms with van der Waals surface area (Å²) in [5.74, 6) is 0. The number of urea groups is 1. The van der Waals surface area contributed by atoms with Gasteiger partial charge < -0.3 is 5.73 Å². The van der Waals surface area contributed by atoms with Crippen LogP contribution in [0.2, 0.25) is 0 Å². The van der Waals surface area contributed by atoms with Crippen LogP contribution in [0.4, 0.5) is 4.79 Å². The summed E-state index contributed by atoms with van der Waals surface area (Å²) < 4.78 is 23.0. The first kappa shape index (κ1) is 11.5. The summed E-state index contributed by atoms with van der Waals surface area (Å²) in [4.78, 5) is 12.2. The first-order valence-electron chi connectivity index (χ1n) is 4.06. The largest absolute Gasteiger partial charge is 0.351 e. The monoisotopic (exact) mass is 229 g/mol. The van der Waals surface area contributed by atoms with Crippen molar-refractivity contribution in [2.75, 3.05) is 0 Å². The smallest absolute Gasteiger partial charge is 0.327 e. The molecule has 4 N–H and O–H groups in total. The number of hydrazine groups is 1. The van der Waals surface area contributed by atoms with Crippen molar-refractivity contribution in [2.24, 2.45) is 5.73 Å². The van der Waals surface area contributed by atoms with Gasteiger partial charge in [0.25, 0.3) is 10.0 Å². The van der Waals surface area contributed by atoms with Crippen LogP contribution in [0.1, 0.15) is 5.56 Å². The number of hydrogen-bond donors (Lipinski definition) is 3. The summed E-state index contributed by atoms with van der Waals surface area (Å²) in [7, 11) is -3.74. The Balaban J connectivity index is 2.91. The first-order chi connectivity index (χ1) is 6.92. The van der Waals surface area contributed by atoms with Crippen LogP contribution in [0.5, 0.6) is 0 Å². The molecule has 0 aliphatic rings. The van der Waals surface area contributed by atoms with E-state index in [0.29, 0.717) is 0 Å². The molecule has 1 aromatic rings. The maximum absolute atomic E-state index is 11.5. The number of rotatable bonds is 3. The second-order valence-corrected chi connectivity index (χ2v) is 4.59. The van der Waals surface area contributed by atoms with Crippen LogP contribution in [0.25, 0.3) is 0 Å². The van der Waals surface area contributed by atoms with Gasteiger partial charge in [-0.1, -0.05) is 12.1 Å². The fourth-order valence-electron chi connectivity index (χ4n) is 0.959. The number of carbonyl (C=O) groups is 1. The average molecular weight is 229 g/mol. The van der Waals surface area contributed by atoms with Crippen molar-refractivity contribution in [3.63, 3.8) is 0 Å². The average Bonchev–Trinajstić information content (AvgIpc) is 2.15. The Morgan fingerprint density at radius 2 is 2.07 bits per heavy atom. The summed E-state index contributed by atoms with van der Waals surface area (Å²) in [6.45, 7) is 1.76. The van der Waals surface area contributed by atoms with Gasteiger partial charge in [0.2, 0.25) is 0 Å². The Hall–Kier alpha value is -1.60. The molecule has 0 heterocycles. The molecule has 0 radical (unpaired) electrons. The molecule has 1 aromatic carbocycles. The molecular formula is C8H11N3O3S. The summed E-state index contributed by atoms with van der Waals surface area (Å²) in [5.41, 5.74) is 7.34. The normalized spacial score (nSPS) is 11.0. The topological polar surface area (TPSA) is 101 Å². The number of sulfonamides is 1. The van der Waals surface area contributed by atoms with E-state index in [2.05, 4.69) is 0 Å². The van der Waals surface area contributed by atoms with Gasteiger partial charge in [-0.2, -0.15) is 0 Å². The minimum absolute atomic E-state index is 0.0660. The van der Waals surface area contributed by atoms with Crippen molar-refractivity contribution in [3.8, 4) is 0 Å². The lowest BCUT2D eigenvalue weighted by atomic mass is 10.2. The van der Waals surface area contributed by atoms with Gasteiger partial charge in [0.15, 0.2) is 0 Å². The van der Waals surface area contributed by atoms with E-state index < -0.39 is 16.1 Å². The second-order valence-electron chi connectivity index (χ2n) is 2.91. The Morgan fingerprint density at radius 1 is 1.40 bits per heavy atom. The zero-order valence-corrected chi connectivity index (χ0v) is 8.84. The van der Waals surface area contributed by atoms with Crippen LogP contribution in [-0.2, 0) is 10.0 Å². The fourth-order valence-corrected chi connectivity index (χ4v) is 1.91. The molecule has 0 saturated heterocycles. The van der Waals surface area contributed by atoms with Gasteiger partial charge in [-0.15, -0.1) is 4.83 Å². The van der Waals surface area contributed by atoms with Crippen LogP contribution < -0.4 is 16.0 Å². The molecule has 7 heteroatoms. The van der Waals surface area contributed by atoms with E-state index in [1.807, 2.05) is 4.83 Å². The van der Waals surface area contributed by atoms with E-state index in [0.717, 1.165) is 5.56 Å². The number of hydrogen-bond acceptors (Lipinski definition) is 3. The number of aryl methyl sites for hydroxylation is 1. The van der Waals surface area contributed by atoms with Crippen LogP contribution in [0.15, 0.2) is 29.2 Å². The van der Waals surface area contributed by atoms with Crippen LogP contribution in [0.3, 0.4) is 0 Å². The number of benzene rings is 1. The quantitative estimate of drug-likeness (QED) is 0.628. The Morgan fingerprint density at radius 3 is 2.60 bits per heavy atom. The molecule has 0 atom stereocenters. The maximum atomic E-state index is 11.5. The van der Waals surface area contributed by atoms with Gasteiger partial charge in [-0.25, -0.2) is 13.2 Å². The van der Waals surface area contributed by atoms with Crippen LogP contribution in [0, 0.1) is 6.92 Å². The van der Waals surface area contributed by atoms with Gasteiger partial charge in [0.05, 0.1) is 4.90 Å². The predicted molar refractivity (Wildman–Crippen MR) is 54.2 cm³/mol. The van der Waals surface area contributed by atoms with E-state index in [9.17, 15) is 13.2 Å². The molecule has 0 unspecified atom stereocenters. The van der Waals surface area contributed by atoms with Crippen molar-refractivity contribution >= 4 is 16.1 Å². The zero-order valence-electron chi connectivity index (χ0n) is 8.02.